The summed E-state index contributed by atoms with van der Waals surface area (Å²) in [4.78, 5) is 13.7. The average molecular weight is 322 g/mol. The number of rotatable bonds is 3. The van der Waals surface area contributed by atoms with Crippen molar-refractivity contribution in [1.82, 2.24) is 0 Å². The molecule has 1 aliphatic carbocycles. The van der Waals surface area contributed by atoms with Crippen molar-refractivity contribution in [1.29, 1.82) is 0 Å². The number of ether oxygens (including phenoxy) is 1. The maximum absolute atomic E-state index is 12.5. The van der Waals surface area contributed by atoms with Gasteiger partial charge in [-0.3, -0.25) is 4.79 Å². The van der Waals surface area contributed by atoms with Crippen LogP contribution in [0.2, 0.25) is 0 Å². The van der Waals surface area contributed by atoms with Crippen LogP contribution >= 0.6 is 11.3 Å². The maximum atomic E-state index is 12.5. The first kappa shape index (κ1) is 14.5. The molecule has 1 aliphatic heterocycles. The van der Waals surface area contributed by atoms with Gasteiger partial charge in [-0.05, 0) is 29.0 Å². The number of allylic oxidation sites excluding steroid dienone is 1. The fourth-order valence-electron chi connectivity index (χ4n) is 3.52. The molecule has 0 spiro atoms. The van der Waals surface area contributed by atoms with Crippen molar-refractivity contribution in [3.63, 3.8) is 0 Å². The second-order valence-corrected chi connectivity index (χ2v) is 7.02. The fraction of sp³-hybridized carbons (Fsp3) is 0.250. The number of carbonyl (C=O) groups is 1. The third kappa shape index (κ3) is 2.45. The van der Waals surface area contributed by atoms with Crippen molar-refractivity contribution in [3.05, 3.63) is 76.2 Å². The Kier molecular flexibility index (Phi) is 3.66. The minimum atomic E-state index is -0.178. The lowest BCUT2D eigenvalue weighted by molar-refractivity contribution is -0.116. The molecule has 2 atom stereocenters. The van der Waals surface area contributed by atoms with Crippen LogP contribution in [0.25, 0.3) is 5.57 Å². The predicted octanol–water partition coefficient (Wildman–Crippen LogP) is 4.95. The normalized spacial score (nSPS) is 23.6. The Labute approximate surface area is 140 Å². The van der Waals surface area contributed by atoms with Gasteiger partial charge in [-0.25, -0.2) is 0 Å². The number of ketones is 1. The summed E-state index contributed by atoms with van der Waals surface area (Å²) in [6, 6.07) is 14.3. The zero-order valence-electron chi connectivity index (χ0n) is 12.8. The highest BCUT2D eigenvalue weighted by atomic mass is 32.1. The molecule has 0 saturated heterocycles. The van der Waals surface area contributed by atoms with Crippen LogP contribution < -0.4 is 0 Å². The van der Waals surface area contributed by atoms with Gasteiger partial charge in [0.1, 0.15) is 11.9 Å². The number of hydrogen-bond acceptors (Lipinski definition) is 3. The fourth-order valence-corrected chi connectivity index (χ4v) is 4.38. The van der Waals surface area contributed by atoms with Crippen molar-refractivity contribution in [2.45, 2.75) is 31.3 Å². The summed E-state index contributed by atoms with van der Waals surface area (Å²) >= 11 is 1.69. The Bertz CT molecular complexity index is 771. The molecule has 0 bridgehead atoms. The molecule has 3 heteroatoms. The van der Waals surface area contributed by atoms with E-state index < -0.39 is 0 Å². The van der Waals surface area contributed by atoms with Crippen molar-refractivity contribution in [2.24, 2.45) is 0 Å². The van der Waals surface area contributed by atoms with E-state index in [1.807, 2.05) is 24.3 Å². The van der Waals surface area contributed by atoms with Crippen LogP contribution in [-0.4, -0.2) is 11.9 Å². The summed E-state index contributed by atoms with van der Waals surface area (Å²) in [5.74, 6) is 1.13. The Morgan fingerprint density at radius 2 is 1.96 bits per heavy atom. The van der Waals surface area contributed by atoms with Crippen LogP contribution in [0.1, 0.15) is 35.6 Å². The molecule has 0 unspecified atom stereocenters. The molecule has 2 nitrogen and oxygen atoms in total. The number of carbonyl (C=O) groups excluding carboxylic acids is 1. The number of benzene rings is 1. The molecule has 116 valence electrons. The molecule has 2 aliphatic rings. The van der Waals surface area contributed by atoms with Crippen molar-refractivity contribution >= 4 is 22.7 Å². The molecule has 0 radical (unpaired) electrons. The quantitative estimate of drug-likeness (QED) is 0.799. The second-order valence-electron chi connectivity index (χ2n) is 6.04. The summed E-state index contributed by atoms with van der Waals surface area (Å²) < 4.78 is 6.25. The molecule has 0 amide bonds. The molecule has 1 aromatic heterocycles. The largest absolute Gasteiger partial charge is 0.489 e. The van der Waals surface area contributed by atoms with Gasteiger partial charge < -0.3 is 4.74 Å². The van der Waals surface area contributed by atoms with Gasteiger partial charge in [-0.1, -0.05) is 43.0 Å². The number of hydrogen-bond donors (Lipinski definition) is 0. The summed E-state index contributed by atoms with van der Waals surface area (Å²) in [7, 11) is 0. The molecule has 2 aromatic rings. The first-order valence-corrected chi connectivity index (χ1v) is 8.84. The molecule has 1 aromatic carbocycles. The van der Waals surface area contributed by atoms with Crippen molar-refractivity contribution in [2.75, 3.05) is 0 Å². The minimum Gasteiger partial charge on any atom is -0.489 e. The summed E-state index contributed by atoms with van der Waals surface area (Å²) in [5.41, 5.74) is 2.92. The molecule has 2 heterocycles. The SMILES string of the molecule is C=C(c1ccccc1)[C@H]1OC2=C(C(=O)CCC2)[C@@H]1c1cccs1. The standard InChI is InChI=1S/C20H18O2S/c1-13(14-7-3-2-4-8-14)20-19(17-11-6-12-23-17)18-15(21)9-5-10-16(18)22-20/h2-4,6-8,11-12,19-20H,1,5,9-10H2/t19-,20+/m0/s1. The molecule has 23 heavy (non-hydrogen) atoms. The van der Waals surface area contributed by atoms with Crippen LogP contribution in [0.4, 0.5) is 0 Å². The highest BCUT2D eigenvalue weighted by molar-refractivity contribution is 7.10. The van der Waals surface area contributed by atoms with Crippen LogP contribution in [-0.2, 0) is 9.53 Å². The van der Waals surface area contributed by atoms with Crippen LogP contribution in [0.3, 0.4) is 0 Å². The zero-order valence-corrected chi connectivity index (χ0v) is 13.6. The Morgan fingerprint density at radius 3 is 2.70 bits per heavy atom. The highest BCUT2D eigenvalue weighted by Gasteiger charge is 2.44. The number of Topliss-reactive ketones (excluding diaryl/α,β-unsaturated/α-hetero) is 1. The summed E-state index contributed by atoms with van der Waals surface area (Å²) in [6.45, 7) is 4.29. The molecular weight excluding hydrogens is 304 g/mol. The van der Waals surface area contributed by atoms with Gasteiger partial charge in [0.25, 0.3) is 0 Å². The van der Waals surface area contributed by atoms with E-state index in [0.29, 0.717) is 6.42 Å². The lowest BCUT2D eigenvalue weighted by atomic mass is 9.82. The van der Waals surface area contributed by atoms with E-state index in [9.17, 15) is 4.79 Å². The lowest BCUT2D eigenvalue weighted by Gasteiger charge is -2.22. The second kappa shape index (κ2) is 5.82. The Morgan fingerprint density at radius 1 is 1.13 bits per heavy atom. The Hall–Kier alpha value is -2.13. The molecule has 4 rings (SSSR count). The van der Waals surface area contributed by atoms with Gasteiger partial charge in [-0.2, -0.15) is 0 Å². The average Bonchev–Trinajstić information content (AvgIpc) is 3.22. The molecular formula is C20H18O2S. The summed E-state index contributed by atoms with van der Waals surface area (Å²) in [5, 5.41) is 2.06. The van der Waals surface area contributed by atoms with E-state index in [0.717, 1.165) is 35.3 Å². The van der Waals surface area contributed by atoms with E-state index in [1.165, 1.54) is 4.88 Å². The smallest absolute Gasteiger partial charge is 0.163 e. The topological polar surface area (TPSA) is 26.3 Å². The van der Waals surface area contributed by atoms with E-state index in [4.69, 9.17) is 4.74 Å². The maximum Gasteiger partial charge on any atom is 0.163 e. The van der Waals surface area contributed by atoms with Crippen LogP contribution in [0.15, 0.2) is 65.8 Å². The zero-order chi connectivity index (χ0) is 15.8. The lowest BCUT2D eigenvalue weighted by Crippen LogP contribution is -2.20. The monoisotopic (exact) mass is 322 g/mol. The highest BCUT2D eigenvalue weighted by Crippen LogP contribution is 2.48. The molecule has 0 fully saturated rings. The predicted molar refractivity (Wildman–Crippen MR) is 93.3 cm³/mol. The van der Waals surface area contributed by atoms with Gasteiger partial charge in [0, 0.05) is 23.3 Å². The van der Waals surface area contributed by atoms with Crippen LogP contribution in [0, 0.1) is 0 Å². The van der Waals surface area contributed by atoms with Gasteiger partial charge in [0.2, 0.25) is 0 Å². The third-order valence-corrected chi connectivity index (χ3v) is 5.58. The third-order valence-electron chi connectivity index (χ3n) is 4.63. The van der Waals surface area contributed by atoms with Gasteiger partial charge >= 0.3 is 0 Å². The van der Waals surface area contributed by atoms with E-state index >= 15 is 0 Å². The van der Waals surface area contributed by atoms with E-state index in [1.54, 1.807) is 11.3 Å². The molecule has 0 saturated carbocycles. The van der Waals surface area contributed by atoms with Crippen molar-refractivity contribution < 1.29 is 9.53 Å². The van der Waals surface area contributed by atoms with Crippen LogP contribution in [0.5, 0.6) is 0 Å². The van der Waals surface area contributed by atoms with E-state index in [2.05, 4.69) is 30.2 Å². The number of thiophene rings is 1. The Balaban J connectivity index is 1.76. The van der Waals surface area contributed by atoms with Crippen molar-refractivity contribution in [3.8, 4) is 0 Å². The van der Waals surface area contributed by atoms with E-state index in [-0.39, 0.29) is 17.8 Å². The van der Waals surface area contributed by atoms with Gasteiger partial charge in [-0.15, -0.1) is 11.3 Å². The van der Waals surface area contributed by atoms with Gasteiger partial charge in [0.15, 0.2) is 5.78 Å². The minimum absolute atomic E-state index is 0.00879. The summed E-state index contributed by atoms with van der Waals surface area (Å²) in [6.07, 6.45) is 2.21. The molecule has 0 N–H and O–H groups in total. The van der Waals surface area contributed by atoms with Gasteiger partial charge in [0.05, 0.1) is 5.92 Å². The first-order chi connectivity index (χ1) is 11.3. The first-order valence-electron chi connectivity index (χ1n) is 7.96.